The van der Waals surface area contributed by atoms with Gasteiger partial charge in [0.2, 0.25) is 6.79 Å². The summed E-state index contributed by atoms with van der Waals surface area (Å²) < 4.78 is 23.1. The Morgan fingerprint density at radius 1 is 1.03 bits per heavy atom. The van der Waals surface area contributed by atoms with E-state index in [1.807, 2.05) is 6.07 Å². The highest BCUT2D eigenvalue weighted by Crippen LogP contribution is 2.53. The van der Waals surface area contributed by atoms with E-state index in [9.17, 15) is 0 Å². The van der Waals surface area contributed by atoms with Crippen LogP contribution >= 0.6 is 11.6 Å². The van der Waals surface area contributed by atoms with E-state index in [0.717, 1.165) is 72.3 Å². The fraction of sp³-hybridized carbons (Fsp3) is 0.355. The van der Waals surface area contributed by atoms with Gasteiger partial charge in [0.15, 0.2) is 23.0 Å². The number of hydrogen-bond donors (Lipinski definition) is 1. The minimum absolute atomic E-state index is 0.274. The summed E-state index contributed by atoms with van der Waals surface area (Å²) >= 11 is 6.32. The van der Waals surface area contributed by atoms with Gasteiger partial charge in [-0.1, -0.05) is 17.7 Å². The Bertz CT molecular complexity index is 1530. The molecule has 6 nitrogen and oxygen atoms in total. The summed E-state index contributed by atoms with van der Waals surface area (Å²) in [5.74, 6) is 3.69. The number of aromatic amines is 1. The number of halogens is 1. The van der Waals surface area contributed by atoms with Gasteiger partial charge in [0.05, 0.1) is 14.2 Å². The molecule has 1 N–H and O–H groups in total. The number of benzene rings is 3. The molecule has 0 radical (unpaired) electrons. The summed E-state index contributed by atoms with van der Waals surface area (Å²) in [6.45, 7) is 2.13. The average molecular weight is 531 g/mol. The van der Waals surface area contributed by atoms with Gasteiger partial charge >= 0.3 is 0 Å². The molecule has 7 rings (SSSR count). The molecule has 196 valence electrons. The van der Waals surface area contributed by atoms with E-state index in [0.29, 0.717) is 12.7 Å². The number of nitrogens with one attached hydrogen (secondary N) is 1. The van der Waals surface area contributed by atoms with E-state index < -0.39 is 0 Å². The lowest BCUT2D eigenvalue weighted by Gasteiger charge is -2.46. The van der Waals surface area contributed by atoms with E-state index in [1.165, 1.54) is 33.2 Å². The smallest absolute Gasteiger partial charge is 0.231 e. The maximum Gasteiger partial charge on any atom is 0.231 e. The molecule has 1 aromatic heterocycles. The summed E-state index contributed by atoms with van der Waals surface area (Å²) in [4.78, 5) is 6.02. The second kappa shape index (κ2) is 9.44. The van der Waals surface area contributed by atoms with Crippen LogP contribution in [0, 0.1) is 0 Å². The van der Waals surface area contributed by atoms with Crippen molar-refractivity contribution in [2.75, 3.05) is 27.6 Å². The zero-order valence-corrected chi connectivity index (χ0v) is 22.4. The van der Waals surface area contributed by atoms with E-state index in [4.69, 9.17) is 30.5 Å². The highest BCUT2D eigenvalue weighted by Gasteiger charge is 2.41. The Balaban J connectivity index is 1.27. The van der Waals surface area contributed by atoms with Gasteiger partial charge < -0.3 is 23.9 Å². The Kier molecular flexibility index (Phi) is 5.90. The van der Waals surface area contributed by atoms with Crippen LogP contribution in [-0.4, -0.2) is 37.4 Å². The van der Waals surface area contributed by atoms with E-state index in [-0.39, 0.29) is 6.04 Å². The van der Waals surface area contributed by atoms with Gasteiger partial charge in [-0.15, -0.1) is 0 Å². The minimum Gasteiger partial charge on any atom is -0.493 e. The zero-order chi connectivity index (χ0) is 25.8. The Morgan fingerprint density at radius 2 is 1.89 bits per heavy atom. The predicted octanol–water partition coefficient (Wildman–Crippen LogP) is 6.79. The Morgan fingerprint density at radius 3 is 2.74 bits per heavy atom. The van der Waals surface area contributed by atoms with Gasteiger partial charge in [-0.3, -0.25) is 4.90 Å². The molecule has 4 heterocycles. The van der Waals surface area contributed by atoms with Gasteiger partial charge in [-0.2, -0.15) is 0 Å². The number of methoxy groups -OCH3 is 2. The molecule has 3 aliphatic rings. The van der Waals surface area contributed by atoms with Crippen LogP contribution in [0.15, 0.2) is 48.7 Å². The van der Waals surface area contributed by atoms with Crippen molar-refractivity contribution in [2.24, 2.45) is 0 Å². The molecule has 2 unspecified atom stereocenters. The third-order valence-corrected chi connectivity index (χ3v) is 8.77. The first-order valence-electron chi connectivity index (χ1n) is 13.3. The van der Waals surface area contributed by atoms with Crippen molar-refractivity contribution in [1.82, 2.24) is 9.88 Å². The molecule has 3 aliphatic heterocycles. The molecular weight excluding hydrogens is 500 g/mol. The second-order valence-electron chi connectivity index (χ2n) is 10.4. The quantitative estimate of drug-likeness (QED) is 0.297. The highest BCUT2D eigenvalue weighted by molar-refractivity contribution is 6.31. The van der Waals surface area contributed by atoms with Gasteiger partial charge in [0.1, 0.15) is 0 Å². The SMILES string of the molecule is COc1ccc2c(c1OC)CN1CCc3cc4c(cc3C1C2CCCc1c[nH]c2ccc(Cl)cc12)OCO4. The lowest BCUT2D eigenvalue weighted by Crippen LogP contribution is -2.42. The molecule has 2 atom stereocenters. The number of nitrogens with zero attached hydrogens (tertiary/aromatic N) is 1. The summed E-state index contributed by atoms with van der Waals surface area (Å²) in [5.41, 5.74) is 7.79. The summed E-state index contributed by atoms with van der Waals surface area (Å²) in [6.07, 6.45) is 6.21. The number of aromatic nitrogens is 1. The predicted molar refractivity (Wildman–Crippen MR) is 148 cm³/mol. The van der Waals surface area contributed by atoms with Gasteiger partial charge in [-0.25, -0.2) is 0 Å². The van der Waals surface area contributed by atoms with Crippen LogP contribution in [0.25, 0.3) is 10.9 Å². The van der Waals surface area contributed by atoms with Crippen molar-refractivity contribution < 1.29 is 18.9 Å². The molecular formula is C31H31ClN2O4. The first-order valence-corrected chi connectivity index (χ1v) is 13.7. The number of fused-ring (bicyclic) bond motifs is 6. The number of aryl methyl sites for hydroxylation is 1. The first kappa shape index (κ1) is 23.7. The molecule has 4 aromatic rings. The Labute approximate surface area is 227 Å². The van der Waals surface area contributed by atoms with Crippen LogP contribution < -0.4 is 18.9 Å². The van der Waals surface area contributed by atoms with Crippen LogP contribution in [-0.2, 0) is 19.4 Å². The van der Waals surface area contributed by atoms with Crippen LogP contribution in [0.2, 0.25) is 5.02 Å². The van der Waals surface area contributed by atoms with Crippen molar-refractivity contribution in [1.29, 1.82) is 0 Å². The van der Waals surface area contributed by atoms with Crippen LogP contribution in [0.5, 0.6) is 23.0 Å². The largest absolute Gasteiger partial charge is 0.493 e. The highest BCUT2D eigenvalue weighted by atomic mass is 35.5. The van der Waals surface area contributed by atoms with Crippen molar-refractivity contribution in [3.05, 3.63) is 81.5 Å². The normalized spacial score (nSPS) is 19.7. The maximum absolute atomic E-state index is 6.32. The molecule has 38 heavy (non-hydrogen) atoms. The van der Waals surface area contributed by atoms with Crippen molar-refractivity contribution in [2.45, 2.75) is 44.2 Å². The van der Waals surface area contributed by atoms with Gasteiger partial charge in [-0.05, 0) is 84.3 Å². The molecule has 0 fully saturated rings. The third kappa shape index (κ3) is 3.81. The van der Waals surface area contributed by atoms with E-state index >= 15 is 0 Å². The van der Waals surface area contributed by atoms with Gasteiger partial charge in [0, 0.05) is 52.7 Å². The first-order chi connectivity index (χ1) is 18.6. The second-order valence-corrected chi connectivity index (χ2v) is 10.9. The number of hydrogen-bond acceptors (Lipinski definition) is 5. The molecule has 0 saturated carbocycles. The summed E-state index contributed by atoms with van der Waals surface area (Å²) in [5, 5.41) is 1.99. The summed E-state index contributed by atoms with van der Waals surface area (Å²) in [6, 6.07) is 15.1. The molecule has 0 saturated heterocycles. The maximum atomic E-state index is 6.32. The molecule has 0 aliphatic carbocycles. The fourth-order valence-electron chi connectivity index (χ4n) is 6.81. The number of rotatable bonds is 6. The van der Waals surface area contributed by atoms with Gasteiger partial charge in [0.25, 0.3) is 0 Å². The molecule has 0 spiro atoms. The third-order valence-electron chi connectivity index (χ3n) is 8.53. The fourth-order valence-corrected chi connectivity index (χ4v) is 6.99. The van der Waals surface area contributed by atoms with Crippen molar-refractivity contribution >= 4 is 22.5 Å². The number of ether oxygens (including phenoxy) is 4. The standard InChI is InChI=1S/C31H31ClN2O4/c1-35-27-9-7-21-22(5-3-4-19-15-33-26-8-6-20(32)13-23(19)26)30-24-14-29-28(37-17-38-29)12-18(24)10-11-34(30)16-25(21)31(27)36-2/h6-9,12-15,22,30,33H,3-5,10-11,16-17H2,1-2H3. The topological polar surface area (TPSA) is 56.0 Å². The molecule has 0 amide bonds. The van der Waals surface area contributed by atoms with Crippen molar-refractivity contribution in [3.63, 3.8) is 0 Å². The monoisotopic (exact) mass is 530 g/mol. The molecule has 0 bridgehead atoms. The van der Waals surface area contributed by atoms with Crippen LogP contribution in [0.1, 0.15) is 52.6 Å². The lowest BCUT2D eigenvalue weighted by molar-refractivity contribution is 0.126. The zero-order valence-electron chi connectivity index (χ0n) is 21.7. The van der Waals surface area contributed by atoms with E-state index in [1.54, 1.807) is 14.2 Å². The summed E-state index contributed by atoms with van der Waals surface area (Å²) in [7, 11) is 3.45. The van der Waals surface area contributed by atoms with Crippen LogP contribution in [0.3, 0.4) is 0 Å². The van der Waals surface area contributed by atoms with Crippen molar-refractivity contribution in [3.8, 4) is 23.0 Å². The average Bonchev–Trinajstić information content (AvgIpc) is 3.56. The molecule has 3 aromatic carbocycles. The lowest BCUT2D eigenvalue weighted by atomic mass is 9.74. The minimum atomic E-state index is 0.274. The Hall–Kier alpha value is -3.35. The van der Waals surface area contributed by atoms with E-state index in [2.05, 4.69) is 52.5 Å². The molecule has 7 heteroatoms. The van der Waals surface area contributed by atoms with Crippen LogP contribution in [0.4, 0.5) is 0 Å². The number of H-pyrrole nitrogens is 1.